The van der Waals surface area contributed by atoms with E-state index in [1.165, 1.54) is 28.9 Å². The summed E-state index contributed by atoms with van der Waals surface area (Å²) in [6, 6.07) is 9.18. The molecule has 4 aromatic rings. The third-order valence-corrected chi connectivity index (χ3v) is 7.54. The van der Waals surface area contributed by atoms with Crippen molar-refractivity contribution < 1.29 is 14.0 Å². The van der Waals surface area contributed by atoms with Crippen LogP contribution in [0.2, 0.25) is 0 Å². The SMILES string of the molecule is N#Cc1c(N)nc2sc(C(=O)N3CCN(C(=O)c4ccco4)CC3)c(N)c2c1-c1cccs1. The molecule has 11 heteroatoms. The molecule has 2 amide bonds. The van der Waals surface area contributed by atoms with Crippen molar-refractivity contribution in [3.63, 3.8) is 0 Å². The molecule has 5 rings (SSSR count). The Morgan fingerprint density at radius 1 is 1.09 bits per heavy atom. The first-order valence-electron chi connectivity index (χ1n) is 10.1. The number of nitrogens with zero attached hydrogens (tertiary/aromatic N) is 4. The maximum absolute atomic E-state index is 13.3. The van der Waals surface area contributed by atoms with Crippen molar-refractivity contribution >= 4 is 56.2 Å². The zero-order chi connectivity index (χ0) is 23.1. The zero-order valence-corrected chi connectivity index (χ0v) is 18.9. The van der Waals surface area contributed by atoms with Crippen LogP contribution in [0.4, 0.5) is 11.5 Å². The van der Waals surface area contributed by atoms with E-state index in [4.69, 9.17) is 15.9 Å². The topological polar surface area (TPSA) is 142 Å². The number of thiophene rings is 2. The lowest BCUT2D eigenvalue weighted by atomic mass is 10.0. The molecule has 33 heavy (non-hydrogen) atoms. The van der Waals surface area contributed by atoms with Gasteiger partial charge in [0.25, 0.3) is 11.8 Å². The number of rotatable bonds is 3. The van der Waals surface area contributed by atoms with Gasteiger partial charge in [-0.2, -0.15) is 5.26 Å². The minimum atomic E-state index is -0.227. The van der Waals surface area contributed by atoms with E-state index in [-0.39, 0.29) is 29.0 Å². The molecule has 4 N–H and O–H groups in total. The third kappa shape index (κ3) is 3.49. The minimum Gasteiger partial charge on any atom is -0.459 e. The van der Waals surface area contributed by atoms with Crippen LogP contribution in [0.15, 0.2) is 40.3 Å². The number of pyridine rings is 1. The lowest BCUT2D eigenvalue weighted by Crippen LogP contribution is -2.50. The van der Waals surface area contributed by atoms with Gasteiger partial charge in [-0.15, -0.1) is 22.7 Å². The van der Waals surface area contributed by atoms with Crippen molar-refractivity contribution in [1.29, 1.82) is 5.26 Å². The predicted octanol–water partition coefficient (Wildman–Crippen LogP) is 3.25. The number of piperazine rings is 1. The van der Waals surface area contributed by atoms with Gasteiger partial charge in [0.1, 0.15) is 27.2 Å². The Morgan fingerprint density at radius 3 is 2.42 bits per heavy atom. The Balaban J connectivity index is 1.46. The molecule has 1 aliphatic rings. The number of carbonyl (C=O) groups is 2. The Kier molecular flexibility index (Phi) is 5.24. The highest BCUT2D eigenvalue weighted by molar-refractivity contribution is 7.21. The lowest BCUT2D eigenvalue weighted by molar-refractivity contribution is 0.0521. The van der Waals surface area contributed by atoms with Crippen LogP contribution >= 0.6 is 22.7 Å². The average molecular weight is 479 g/mol. The normalized spacial score (nSPS) is 13.9. The molecule has 0 aliphatic carbocycles. The number of nitriles is 1. The van der Waals surface area contributed by atoms with Gasteiger partial charge in [0, 0.05) is 42.0 Å². The molecule has 0 atom stereocenters. The zero-order valence-electron chi connectivity index (χ0n) is 17.3. The van der Waals surface area contributed by atoms with E-state index in [2.05, 4.69) is 11.1 Å². The fourth-order valence-corrected chi connectivity index (χ4v) is 5.78. The quantitative estimate of drug-likeness (QED) is 0.460. The van der Waals surface area contributed by atoms with E-state index < -0.39 is 0 Å². The first kappa shape index (κ1) is 21.0. The molecular formula is C22H18N6O3S2. The highest BCUT2D eigenvalue weighted by Gasteiger charge is 2.30. The van der Waals surface area contributed by atoms with Crippen LogP contribution < -0.4 is 11.5 Å². The molecule has 0 saturated carbocycles. The van der Waals surface area contributed by atoms with Gasteiger partial charge >= 0.3 is 0 Å². The monoisotopic (exact) mass is 478 g/mol. The molecule has 9 nitrogen and oxygen atoms in total. The fourth-order valence-electron chi connectivity index (χ4n) is 3.92. The van der Waals surface area contributed by atoms with Crippen LogP contribution in [0.3, 0.4) is 0 Å². The van der Waals surface area contributed by atoms with Gasteiger partial charge < -0.3 is 25.7 Å². The highest BCUT2D eigenvalue weighted by atomic mass is 32.1. The number of nitrogens with two attached hydrogens (primary N) is 2. The van der Waals surface area contributed by atoms with Crippen LogP contribution in [0, 0.1) is 11.3 Å². The standard InChI is InChI=1S/C22H18N6O3S2/c23-11-12-15(14-4-2-10-32-14)16-17(24)18(33-20(16)26-19(12)25)22(30)28-7-5-27(6-8-28)21(29)13-3-1-9-31-13/h1-4,9-10H,5-8,24H2,(H2,25,26). The smallest absolute Gasteiger partial charge is 0.289 e. The van der Waals surface area contributed by atoms with Gasteiger partial charge in [-0.25, -0.2) is 4.98 Å². The first-order valence-corrected chi connectivity index (χ1v) is 11.8. The van der Waals surface area contributed by atoms with E-state index in [1.807, 2.05) is 17.5 Å². The van der Waals surface area contributed by atoms with Crippen molar-refractivity contribution in [1.82, 2.24) is 14.8 Å². The number of aromatic nitrogens is 1. The van der Waals surface area contributed by atoms with Crippen molar-refractivity contribution in [3.8, 4) is 16.5 Å². The molecule has 1 aliphatic heterocycles. The van der Waals surface area contributed by atoms with Gasteiger partial charge in [0.2, 0.25) is 0 Å². The van der Waals surface area contributed by atoms with E-state index >= 15 is 0 Å². The summed E-state index contributed by atoms with van der Waals surface area (Å²) in [6.45, 7) is 1.52. The summed E-state index contributed by atoms with van der Waals surface area (Å²) in [5, 5.41) is 12.2. The van der Waals surface area contributed by atoms with Gasteiger partial charge in [-0.05, 0) is 23.6 Å². The number of hydrogen-bond acceptors (Lipinski definition) is 9. The van der Waals surface area contributed by atoms with Crippen molar-refractivity contribution in [2.75, 3.05) is 37.6 Å². The molecule has 4 aromatic heterocycles. The largest absolute Gasteiger partial charge is 0.459 e. The van der Waals surface area contributed by atoms with Crippen LogP contribution in [0.5, 0.6) is 0 Å². The summed E-state index contributed by atoms with van der Waals surface area (Å²) < 4.78 is 5.19. The number of anilines is 2. The van der Waals surface area contributed by atoms with E-state index in [9.17, 15) is 14.9 Å². The Hall–Kier alpha value is -3.88. The maximum Gasteiger partial charge on any atom is 0.289 e. The summed E-state index contributed by atoms with van der Waals surface area (Å²) >= 11 is 2.63. The maximum atomic E-state index is 13.3. The number of amides is 2. The number of nitrogen functional groups attached to an aromatic ring is 2. The minimum absolute atomic E-state index is 0.110. The lowest BCUT2D eigenvalue weighted by Gasteiger charge is -2.34. The van der Waals surface area contributed by atoms with Crippen molar-refractivity contribution in [3.05, 3.63) is 52.1 Å². The summed E-state index contributed by atoms with van der Waals surface area (Å²) in [5.74, 6) is -0.0344. The third-order valence-electron chi connectivity index (χ3n) is 5.56. The summed E-state index contributed by atoms with van der Waals surface area (Å²) in [7, 11) is 0. The molecule has 0 aromatic carbocycles. The molecule has 5 heterocycles. The second kappa shape index (κ2) is 8.23. The number of hydrogen-bond donors (Lipinski definition) is 2. The number of fused-ring (bicyclic) bond motifs is 1. The van der Waals surface area contributed by atoms with Gasteiger partial charge in [0.15, 0.2) is 5.76 Å². The van der Waals surface area contributed by atoms with Crippen LogP contribution in [0.25, 0.3) is 20.7 Å². The summed E-state index contributed by atoms with van der Waals surface area (Å²) in [5.41, 5.74) is 13.7. The van der Waals surface area contributed by atoms with Gasteiger partial charge in [-0.3, -0.25) is 9.59 Å². The molecule has 0 unspecified atom stereocenters. The molecule has 0 bridgehead atoms. The molecule has 1 fully saturated rings. The average Bonchev–Trinajstić information content (AvgIpc) is 3.59. The molecule has 1 saturated heterocycles. The Morgan fingerprint density at radius 2 is 1.82 bits per heavy atom. The number of carbonyl (C=O) groups excluding carboxylic acids is 2. The van der Waals surface area contributed by atoms with E-state index in [0.29, 0.717) is 52.5 Å². The fraction of sp³-hybridized carbons (Fsp3) is 0.182. The molecule has 166 valence electrons. The molecule has 0 radical (unpaired) electrons. The second-order valence-electron chi connectivity index (χ2n) is 7.42. The van der Waals surface area contributed by atoms with Crippen molar-refractivity contribution in [2.24, 2.45) is 0 Å². The molecule has 0 spiro atoms. The van der Waals surface area contributed by atoms with Crippen molar-refractivity contribution in [2.45, 2.75) is 0 Å². The predicted molar refractivity (Wildman–Crippen MR) is 127 cm³/mol. The first-order chi connectivity index (χ1) is 16.0. The Labute approximate surface area is 196 Å². The van der Waals surface area contributed by atoms with E-state index in [0.717, 1.165) is 4.88 Å². The van der Waals surface area contributed by atoms with Gasteiger partial charge in [-0.1, -0.05) is 6.07 Å². The van der Waals surface area contributed by atoms with Gasteiger partial charge in [0.05, 0.1) is 12.0 Å². The van der Waals surface area contributed by atoms with Crippen LogP contribution in [-0.4, -0.2) is 52.8 Å². The van der Waals surface area contributed by atoms with Crippen LogP contribution in [0.1, 0.15) is 25.8 Å². The highest BCUT2D eigenvalue weighted by Crippen LogP contribution is 2.44. The number of furan rings is 1. The van der Waals surface area contributed by atoms with Crippen LogP contribution in [-0.2, 0) is 0 Å². The Bertz CT molecular complexity index is 1390. The second-order valence-corrected chi connectivity index (χ2v) is 9.37. The molecular weight excluding hydrogens is 460 g/mol. The summed E-state index contributed by atoms with van der Waals surface area (Å²) in [4.78, 5) is 35.2. The summed E-state index contributed by atoms with van der Waals surface area (Å²) in [6.07, 6.45) is 1.46. The van der Waals surface area contributed by atoms with E-state index in [1.54, 1.807) is 21.9 Å².